The van der Waals surface area contributed by atoms with Crippen LogP contribution >= 0.6 is 0 Å². The van der Waals surface area contributed by atoms with E-state index in [1.165, 1.54) is 4.90 Å². The van der Waals surface area contributed by atoms with E-state index >= 15 is 0 Å². The second-order valence-corrected chi connectivity index (χ2v) is 6.87. The molecule has 1 aromatic heterocycles. The van der Waals surface area contributed by atoms with Gasteiger partial charge in [-0.1, -0.05) is 36.4 Å². The van der Waals surface area contributed by atoms with Crippen molar-refractivity contribution in [3.05, 3.63) is 84.4 Å². The Kier molecular flexibility index (Phi) is 4.40. The fraction of sp³-hybridized carbons (Fsp3) is 0.0870. The van der Waals surface area contributed by atoms with Gasteiger partial charge in [-0.05, 0) is 42.5 Å². The van der Waals surface area contributed by atoms with Crippen LogP contribution in [0.2, 0.25) is 0 Å². The van der Waals surface area contributed by atoms with Crippen molar-refractivity contribution in [2.24, 2.45) is 0 Å². The molecule has 7 nitrogen and oxygen atoms in total. The van der Waals surface area contributed by atoms with Crippen molar-refractivity contribution in [2.75, 3.05) is 23.4 Å². The molecule has 0 bridgehead atoms. The van der Waals surface area contributed by atoms with Gasteiger partial charge >= 0.3 is 6.09 Å². The normalized spacial score (nSPS) is 13.5. The van der Waals surface area contributed by atoms with E-state index in [4.69, 9.17) is 4.74 Å². The van der Waals surface area contributed by atoms with E-state index < -0.39 is 6.09 Å². The van der Waals surface area contributed by atoms with Crippen LogP contribution in [0.5, 0.6) is 0 Å². The summed E-state index contributed by atoms with van der Waals surface area (Å²) in [6, 6.07) is 24.4. The lowest BCUT2D eigenvalue weighted by Crippen LogP contribution is -2.24. The molecular weight excluding hydrogens is 380 g/mol. The molecule has 1 aliphatic heterocycles. The van der Waals surface area contributed by atoms with Crippen LogP contribution in [0, 0.1) is 0 Å². The smallest absolute Gasteiger partial charge is 0.414 e. The maximum absolute atomic E-state index is 13.0. The highest BCUT2D eigenvalue weighted by molar-refractivity contribution is 6.05. The third-order valence-electron chi connectivity index (χ3n) is 4.98. The number of carbonyl (C=O) groups excluding carboxylic acids is 2. The van der Waals surface area contributed by atoms with Crippen molar-refractivity contribution in [1.29, 1.82) is 0 Å². The number of aromatic nitrogens is 2. The van der Waals surface area contributed by atoms with Crippen LogP contribution in [-0.2, 0) is 4.74 Å². The molecule has 5 rings (SSSR count). The van der Waals surface area contributed by atoms with Crippen molar-refractivity contribution in [2.45, 2.75) is 0 Å². The number of amides is 2. The number of imidazole rings is 1. The first-order valence-electron chi connectivity index (χ1n) is 9.59. The molecule has 0 unspecified atom stereocenters. The summed E-state index contributed by atoms with van der Waals surface area (Å²) >= 11 is 0. The summed E-state index contributed by atoms with van der Waals surface area (Å²) in [6.45, 7) is 0.810. The average Bonchev–Trinajstić information content (AvgIpc) is 3.37. The Morgan fingerprint density at radius 1 is 0.933 bits per heavy atom. The van der Waals surface area contributed by atoms with Gasteiger partial charge in [0.1, 0.15) is 6.61 Å². The lowest BCUT2D eigenvalue weighted by atomic mass is 10.2. The van der Waals surface area contributed by atoms with Crippen LogP contribution < -0.4 is 10.2 Å². The number of nitrogens with zero attached hydrogens (tertiary/aromatic N) is 3. The van der Waals surface area contributed by atoms with E-state index in [0.717, 1.165) is 16.7 Å². The summed E-state index contributed by atoms with van der Waals surface area (Å²) in [5.41, 5.74) is 3.63. The van der Waals surface area contributed by atoms with E-state index in [1.807, 2.05) is 59.2 Å². The predicted molar refractivity (Wildman–Crippen MR) is 114 cm³/mol. The number of benzene rings is 3. The van der Waals surface area contributed by atoms with E-state index in [-0.39, 0.29) is 5.91 Å². The highest BCUT2D eigenvalue weighted by atomic mass is 16.6. The average molecular weight is 398 g/mol. The zero-order valence-electron chi connectivity index (χ0n) is 16.0. The molecule has 148 valence electrons. The Morgan fingerprint density at radius 3 is 2.50 bits per heavy atom. The molecule has 0 saturated carbocycles. The standard InChI is InChI=1S/C23H18N4O3/c28-21(16-7-6-10-18(15-16)26-13-14-30-23(26)29)25-22-24-19-11-4-5-12-20(19)27(22)17-8-2-1-3-9-17/h1-12,15H,13-14H2,(H,24,25,28). The molecule has 1 fully saturated rings. The molecule has 1 aliphatic rings. The molecule has 1 saturated heterocycles. The Bertz CT molecular complexity index is 1250. The SMILES string of the molecule is O=C(Nc1nc2ccccc2n1-c1ccccc1)c1cccc(N2CCOC2=O)c1. The van der Waals surface area contributed by atoms with Gasteiger partial charge in [0.05, 0.1) is 17.6 Å². The number of cyclic esters (lactones) is 1. The zero-order chi connectivity index (χ0) is 20.5. The largest absolute Gasteiger partial charge is 0.447 e. The number of carbonyl (C=O) groups is 2. The second-order valence-electron chi connectivity index (χ2n) is 6.87. The minimum absolute atomic E-state index is 0.308. The summed E-state index contributed by atoms with van der Waals surface area (Å²) < 4.78 is 6.90. The summed E-state index contributed by atoms with van der Waals surface area (Å²) in [4.78, 5) is 31.0. The van der Waals surface area contributed by atoms with Crippen molar-refractivity contribution >= 4 is 34.7 Å². The Labute approximate surface area is 172 Å². The molecule has 7 heteroatoms. The Morgan fingerprint density at radius 2 is 1.70 bits per heavy atom. The molecule has 0 spiro atoms. The molecule has 0 atom stereocenters. The quantitative estimate of drug-likeness (QED) is 0.558. The van der Waals surface area contributed by atoms with Gasteiger partial charge in [0.15, 0.2) is 0 Å². The van der Waals surface area contributed by atoms with Crippen LogP contribution in [0.25, 0.3) is 16.7 Å². The summed E-state index contributed by atoms with van der Waals surface area (Å²) in [5, 5.41) is 2.92. The first-order valence-corrected chi connectivity index (χ1v) is 9.59. The van der Waals surface area contributed by atoms with Gasteiger partial charge in [0.25, 0.3) is 5.91 Å². The lowest BCUT2D eigenvalue weighted by Gasteiger charge is -2.14. The third kappa shape index (κ3) is 3.16. The van der Waals surface area contributed by atoms with E-state index in [1.54, 1.807) is 24.3 Å². The van der Waals surface area contributed by atoms with Gasteiger partial charge in [-0.15, -0.1) is 0 Å². The number of nitrogens with one attached hydrogen (secondary N) is 1. The number of hydrogen-bond donors (Lipinski definition) is 1. The molecule has 0 aliphatic carbocycles. The molecule has 3 aromatic carbocycles. The van der Waals surface area contributed by atoms with Gasteiger partial charge in [0, 0.05) is 16.9 Å². The molecule has 30 heavy (non-hydrogen) atoms. The summed E-state index contributed by atoms with van der Waals surface area (Å²) in [7, 11) is 0. The van der Waals surface area contributed by atoms with Crippen LogP contribution in [0.1, 0.15) is 10.4 Å². The van der Waals surface area contributed by atoms with E-state index in [9.17, 15) is 9.59 Å². The molecule has 4 aromatic rings. The Balaban J connectivity index is 1.51. The van der Waals surface area contributed by atoms with Crippen LogP contribution in [0.4, 0.5) is 16.4 Å². The highest BCUT2D eigenvalue weighted by Gasteiger charge is 2.24. The molecule has 2 heterocycles. The Hall–Kier alpha value is -4.13. The zero-order valence-corrected chi connectivity index (χ0v) is 16.0. The first kappa shape index (κ1) is 17.9. The topological polar surface area (TPSA) is 76.5 Å². The number of ether oxygens (including phenoxy) is 1. The van der Waals surface area contributed by atoms with Gasteiger partial charge < -0.3 is 4.74 Å². The maximum Gasteiger partial charge on any atom is 0.414 e. The number of anilines is 2. The van der Waals surface area contributed by atoms with Gasteiger partial charge in [0.2, 0.25) is 5.95 Å². The van der Waals surface area contributed by atoms with Crippen molar-refractivity contribution in [1.82, 2.24) is 9.55 Å². The van der Waals surface area contributed by atoms with E-state index in [0.29, 0.717) is 30.4 Å². The van der Waals surface area contributed by atoms with Crippen molar-refractivity contribution in [3.8, 4) is 5.69 Å². The second kappa shape index (κ2) is 7.36. The number of para-hydroxylation sites is 3. The van der Waals surface area contributed by atoms with Crippen molar-refractivity contribution < 1.29 is 14.3 Å². The number of fused-ring (bicyclic) bond motifs is 1. The monoisotopic (exact) mass is 398 g/mol. The fourth-order valence-corrected chi connectivity index (χ4v) is 3.56. The van der Waals surface area contributed by atoms with Gasteiger partial charge in [-0.2, -0.15) is 0 Å². The molecule has 2 amide bonds. The molecule has 0 radical (unpaired) electrons. The summed E-state index contributed by atoms with van der Waals surface area (Å²) in [6.07, 6.45) is -0.404. The molecular formula is C23H18N4O3. The lowest BCUT2D eigenvalue weighted by molar-refractivity contribution is 0.102. The maximum atomic E-state index is 13.0. The number of rotatable bonds is 4. The summed E-state index contributed by atoms with van der Waals surface area (Å²) in [5.74, 6) is 0.121. The van der Waals surface area contributed by atoms with Crippen molar-refractivity contribution in [3.63, 3.8) is 0 Å². The first-order chi connectivity index (χ1) is 14.7. The van der Waals surface area contributed by atoms with Crippen LogP contribution in [-0.4, -0.2) is 34.7 Å². The van der Waals surface area contributed by atoms with E-state index in [2.05, 4.69) is 10.3 Å². The minimum atomic E-state index is -0.404. The fourth-order valence-electron chi connectivity index (χ4n) is 3.56. The van der Waals surface area contributed by atoms with Gasteiger partial charge in [-0.25, -0.2) is 9.78 Å². The molecule has 1 N–H and O–H groups in total. The predicted octanol–water partition coefficient (Wildman–Crippen LogP) is 4.23. The highest BCUT2D eigenvalue weighted by Crippen LogP contribution is 2.26. The number of hydrogen-bond acceptors (Lipinski definition) is 4. The minimum Gasteiger partial charge on any atom is -0.447 e. The van der Waals surface area contributed by atoms with Crippen LogP contribution in [0.3, 0.4) is 0 Å². The van der Waals surface area contributed by atoms with Gasteiger partial charge in [-0.3, -0.25) is 19.6 Å². The van der Waals surface area contributed by atoms with Crippen LogP contribution in [0.15, 0.2) is 78.9 Å². The third-order valence-corrected chi connectivity index (χ3v) is 4.98.